The Bertz CT molecular complexity index is 618. The van der Waals surface area contributed by atoms with Gasteiger partial charge in [0.15, 0.2) is 0 Å². The third-order valence-electron chi connectivity index (χ3n) is 3.35. The molecule has 0 aliphatic heterocycles. The summed E-state index contributed by atoms with van der Waals surface area (Å²) in [7, 11) is 0. The van der Waals surface area contributed by atoms with E-state index >= 15 is 0 Å². The summed E-state index contributed by atoms with van der Waals surface area (Å²) in [5, 5.41) is 17.1. The van der Waals surface area contributed by atoms with Gasteiger partial charge in [-0.2, -0.15) is 10.5 Å². The zero-order valence-electron chi connectivity index (χ0n) is 12.9. The maximum absolute atomic E-state index is 8.56. The van der Waals surface area contributed by atoms with Crippen LogP contribution in [0.15, 0.2) is 48.5 Å². The van der Waals surface area contributed by atoms with E-state index in [1.54, 1.807) is 0 Å². The summed E-state index contributed by atoms with van der Waals surface area (Å²) in [6, 6.07) is 19.6. The molecule has 0 radical (unpaired) electrons. The van der Waals surface area contributed by atoms with E-state index < -0.39 is 0 Å². The number of aryl methyl sites for hydroxylation is 2. The van der Waals surface area contributed by atoms with E-state index in [2.05, 4.69) is 12.1 Å². The van der Waals surface area contributed by atoms with Crippen molar-refractivity contribution in [2.24, 2.45) is 0 Å². The van der Waals surface area contributed by atoms with E-state index in [-0.39, 0.29) is 6.79 Å². The second kappa shape index (κ2) is 9.12. The Labute approximate surface area is 136 Å². The number of ether oxygens (including phenoxy) is 2. The molecule has 116 valence electrons. The predicted octanol–water partition coefficient (Wildman–Crippen LogP) is 4.01. The van der Waals surface area contributed by atoms with Crippen molar-refractivity contribution in [1.29, 1.82) is 10.5 Å². The van der Waals surface area contributed by atoms with Gasteiger partial charge in [0.25, 0.3) is 0 Å². The van der Waals surface area contributed by atoms with Gasteiger partial charge in [-0.3, -0.25) is 0 Å². The molecule has 4 nitrogen and oxygen atoms in total. The Hall–Kier alpha value is -2.98. The number of nitriles is 2. The molecule has 0 unspecified atom stereocenters. The van der Waals surface area contributed by atoms with Gasteiger partial charge in [-0.15, -0.1) is 0 Å². The molecule has 0 aliphatic carbocycles. The summed E-state index contributed by atoms with van der Waals surface area (Å²) < 4.78 is 11.1. The van der Waals surface area contributed by atoms with Crippen LogP contribution in [0.5, 0.6) is 11.5 Å². The van der Waals surface area contributed by atoms with Crippen molar-refractivity contribution in [3.8, 4) is 23.6 Å². The number of hydrogen-bond donors (Lipinski definition) is 0. The first kappa shape index (κ1) is 16.4. The molecule has 0 N–H and O–H groups in total. The van der Waals surface area contributed by atoms with Crippen LogP contribution < -0.4 is 9.47 Å². The van der Waals surface area contributed by atoms with Crippen LogP contribution in [0.1, 0.15) is 24.0 Å². The molecule has 0 bridgehead atoms. The molecule has 0 saturated heterocycles. The predicted molar refractivity (Wildman–Crippen MR) is 86.9 cm³/mol. The third kappa shape index (κ3) is 5.73. The van der Waals surface area contributed by atoms with Crippen LogP contribution in [0, 0.1) is 22.7 Å². The van der Waals surface area contributed by atoms with Crippen LogP contribution >= 0.6 is 0 Å². The molecule has 2 aromatic carbocycles. The molecule has 0 saturated carbocycles. The molecule has 0 aliphatic rings. The van der Waals surface area contributed by atoms with E-state index in [1.165, 1.54) is 0 Å². The van der Waals surface area contributed by atoms with Gasteiger partial charge < -0.3 is 9.47 Å². The zero-order valence-corrected chi connectivity index (χ0v) is 12.9. The molecule has 2 rings (SSSR count). The first-order valence-corrected chi connectivity index (χ1v) is 7.49. The summed E-state index contributed by atoms with van der Waals surface area (Å²) in [5.41, 5.74) is 2.24. The standard InChI is InChI=1S/C19H18N2O2/c20-13-1-3-16-5-9-18(10-6-16)22-15-23-19-11-7-17(8-12-19)4-2-14-21/h5-12H,1-4,15H2. The molecule has 2 aromatic rings. The van der Waals surface area contributed by atoms with E-state index in [0.29, 0.717) is 12.8 Å². The topological polar surface area (TPSA) is 66.0 Å². The van der Waals surface area contributed by atoms with E-state index in [0.717, 1.165) is 35.5 Å². The van der Waals surface area contributed by atoms with Gasteiger partial charge in [-0.25, -0.2) is 0 Å². The Morgan fingerprint density at radius 2 is 1.04 bits per heavy atom. The molecule has 0 atom stereocenters. The highest BCUT2D eigenvalue weighted by Gasteiger charge is 1.98. The molecule has 4 heteroatoms. The lowest BCUT2D eigenvalue weighted by molar-refractivity contribution is 0.120. The first-order chi connectivity index (χ1) is 11.3. The third-order valence-corrected chi connectivity index (χ3v) is 3.35. The van der Waals surface area contributed by atoms with Crippen molar-refractivity contribution >= 4 is 0 Å². The highest BCUT2D eigenvalue weighted by Crippen LogP contribution is 2.16. The van der Waals surface area contributed by atoms with E-state index in [4.69, 9.17) is 20.0 Å². The summed E-state index contributed by atoms with van der Waals surface area (Å²) >= 11 is 0. The molecule has 0 spiro atoms. The van der Waals surface area contributed by atoms with Crippen molar-refractivity contribution < 1.29 is 9.47 Å². The van der Waals surface area contributed by atoms with Crippen LogP contribution in [-0.2, 0) is 12.8 Å². The van der Waals surface area contributed by atoms with Crippen molar-refractivity contribution in [2.75, 3.05) is 6.79 Å². The highest BCUT2D eigenvalue weighted by molar-refractivity contribution is 5.29. The number of rotatable bonds is 8. The maximum atomic E-state index is 8.56. The molecule has 0 aromatic heterocycles. The molecule has 0 heterocycles. The number of nitrogens with zero attached hydrogens (tertiary/aromatic N) is 2. The fourth-order valence-corrected chi connectivity index (χ4v) is 2.07. The monoisotopic (exact) mass is 306 g/mol. The Morgan fingerprint density at radius 1 is 0.652 bits per heavy atom. The quantitative estimate of drug-likeness (QED) is 0.691. The summed E-state index contributed by atoms with van der Waals surface area (Å²) in [4.78, 5) is 0. The van der Waals surface area contributed by atoms with Crippen LogP contribution in [-0.4, -0.2) is 6.79 Å². The number of benzene rings is 2. The van der Waals surface area contributed by atoms with Crippen molar-refractivity contribution in [1.82, 2.24) is 0 Å². The van der Waals surface area contributed by atoms with Gasteiger partial charge in [0.1, 0.15) is 11.5 Å². The largest absolute Gasteiger partial charge is 0.458 e. The fraction of sp³-hybridized carbons (Fsp3) is 0.263. The van der Waals surface area contributed by atoms with Crippen LogP contribution in [0.25, 0.3) is 0 Å². The summed E-state index contributed by atoms with van der Waals surface area (Å²) in [6.07, 6.45) is 2.55. The lowest BCUT2D eigenvalue weighted by atomic mass is 10.1. The minimum atomic E-state index is 0.134. The average molecular weight is 306 g/mol. The minimum Gasteiger partial charge on any atom is -0.458 e. The molecule has 0 fully saturated rings. The van der Waals surface area contributed by atoms with Crippen molar-refractivity contribution in [3.05, 3.63) is 59.7 Å². The van der Waals surface area contributed by atoms with Gasteiger partial charge in [-0.1, -0.05) is 24.3 Å². The van der Waals surface area contributed by atoms with Crippen LogP contribution in [0.4, 0.5) is 0 Å². The Balaban J connectivity index is 1.76. The van der Waals surface area contributed by atoms with Gasteiger partial charge in [0.05, 0.1) is 12.1 Å². The zero-order chi connectivity index (χ0) is 16.3. The highest BCUT2D eigenvalue weighted by atomic mass is 16.7. The summed E-state index contributed by atoms with van der Waals surface area (Å²) in [5.74, 6) is 1.47. The van der Waals surface area contributed by atoms with Crippen LogP contribution in [0.2, 0.25) is 0 Å². The van der Waals surface area contributed by atoms with E-state index in [9.17, 15) is 0 Å². The lowest BCUT2D eigenvalue weighted by Crippen LogP contribution is -2.05. The molecule has 23 heavy (non-hydrogen) atoms. The second-order valence-corrected chi connectivity index (χ2v) is 5.01. The average Bonchev–Trinajstić information content (AvgIpc) is 2.60. The van der Waals surface area contributed by atoms with Crippen LogP contribution in [0.3, 0.4) is 0 Å². The second-order valence-electron chi connectivity index (χ2n) is 5.01. The lowest BCUT2D eigenvalue weighted by Gasteiger charge is -2.09. The molecule has 0 amide bonds. The van der Waals surface area contributed by atoms with E-state index in [1.807, 2.05) is 48.5 Å². The Morgan fingerprint density at radius 3 is 1.39 bits per heavy atom. The van der Waals surface area contributed by atoms with Crippen molar-refractivity contribution in [2.45, 2.75) is 25.7 Å². The maximum Gasteiger partial charge on any atom is 0.230 e. The van der Waals surface area contributed by atoms with Gasteiger partial charge in [0, 0.05) is 12.8 Å². The first-order valence-electron chi connectivity index (χ1n) is 7.49. The van der Waals surface area contributed by atoms with Gasteiger partial charge in [0.2, 0.25) is 6.79 Å². The molecular formula is C19H18N2O2. The SMILES string of the molecule is N#CCCc1ccc(OCOc2ccc(CCC#N)cc2)cc1. The minimum absolute atomic E-state index is 0.134. The number of hydrogen-bond acceptors (Lipinski definition) is 4. The normalized spacial score (nSPS) is 9.65. The Kier molecular flexibility index (Phi) is 6.50. The van der Waals surface area contributed by atoms with Crippen molar-refractivity contribution in [3.63, 3.8) is 0 Å². The smallest absolute Gasteiger partial charge is 0.230 e. The van der Waals surface area contributed by atoms with Gasteiger partial charge >= 0.3 is 0 Å². The molecular weight excluding hydrogens is 288 g/mol. The fourth-order valence-electron chi connectivity index (χ4n) is 2.07. The van der Waals surface area contributed by atoms with Gasteiger partial charge in [-0.05, 0) is 48.2 Å². The summed E-state index contributed by atoms with van der Waals surface area (Å²) in [6.45, 7) is 0.134.